The molecule has 2 aliphatic heterocycles. The van der Waals surface area contributed by atoms with Gasteiger partial charge in [-0.15, -0.1) is 0 Å². The molecule has 1 aromatic rings. The van der Waals surface area contributed by atoms with Gasteiger partial charge in [0.15, 0.2) is 0 Å². The predicted octanol–water partition coefficient (Wildman–Crippen LogP) is 2.62. The quantitative estimate of drug-likeness (QED) is 0.863. The number of likely N-dealkylation sites (N-methyl/N-ethyl adjacent to an activating group) is 1. The fraction of sp³-hybridized carbons (Fsp3) is 0.667. The van der Waals surface area contributed by atoms with E-state index in [-0.39, 0.29) is 0 Å². The van der Waals surface area contributed by atoms with Crippen LogP contribution in [0.15, 0.2) is 24.3 Å². The summed E-state index contributed by atoms with van der Waals surface area (Å²) in [5.74, 6) is 3.54. The van der Waals surface area contributed by atoms with Crippen molar-refractivity contribution in [1.82, 2.24) is 9.80 Å². The van der Waals surface area contributed by atoms with Crippen molar-refractivity contribution in [2.75, 3.05) is 63.2 Å². The van der Waals surface area contributed by atoms with E-state index in [1.165, 1.54) is 24.3 Å². The van der Waals surface area contributed by atoms with Crippen LogP contribution in [0.2, 0.25) is 0 Å². The molecule has 5 heteroatoms. The van der Waals surface area contributed by atoms with Gasteiger partial charge in [-0.1, -0.05) is 12.1 Å². The lowest BCUT2D eigenvalue weighted by Crippen LogP contribution is -2.45. The van der Waals surface area contributed by atoms with Gasteiger partial charge in [0.1, 0.15) is 12.4 Å². The molecule has 2 aliphatic rings. The molecule has 2 fully saturated rings. The average molecular weight is 336 g/mol. The Labute approximate surface area is 144 Å². The number of benzene rings is 1. The van der Waals surface area contributed by atoms with Gasteiger partial charge in [0.05, 0.1) is 5.69 Å². The summed E-state index contributed by atoms with van der Waals surface area (Å²) in [4.78, 5) is 4.88. The zero-order chi connectivity index (χ0) is 15.9. The zero-order valence-electron chi connectivity index (χ0n) is 14.2. The van der Waals surface area contributed by atoms with Crippen molar-refractivity contribution in [3.05, 3.63) is 24.3 Å². The standard InChI is InChI=1S/C18H29N3OS/c1-20-8-10-21(11-9-20)12-13-22-18-5-3-2-4-17(18)19-16-6-14-23-15-7-16/h2-5,16,19H,6-15H2,1H3. The molecule has 0 saturated carbocycles. The predicted molar refractivity (Wildman–Crippen MR) is 99.8 cm³/mol. The van der Waals surface area contributed by atoms with Crippen LogP contribution in [0.5, 0.6) is 5.75 Å². The highest BCUT2D eigenvalue weighted by Crippen LogP contribution is 2.27. The van der Waals surface area contributed by atoms with Gasteiger partial charge in [-0.25, -0.2) is 0 Å². The van der Waals surface area contributed by atoms with Gasteiger partial charge in [-0.05, 0) is 43.5 Å². The number of nitrogens with zero attached hydrogens (tertiary/aromatic N) is 2. The number of anilines is 1. The zero-order valence-corrected chi connectivity index (χ0v) is 15.0. The van der Waals surface area contributed by atoms with Crippen LogP contribution in [-0.2, 0) is 0 Å². The highest BCUT2D eigenvalue weighted by atomic mass is 32.2. The lowest BCUT2D eigenvalue weighted by atomic mass is 10.1. The van der Waals surface area contributed by atoms with Crippen molar-refractivity contribution in [2.24, 2.45) is 0 Å². The first-order valence-corrected chi connectivity index (χ1v) is 9.94. The highest BCUT2D eigenvalue weighted by Gasteiger charge is 2.16. The molecule has 2 heterocycles. The number of piperazine rings is 1. The van der Waals surface area contributed by atoms with E-state index in [2.05, 4.69) is 58.2 Å². The Hall–Kier alpha value is -0.910. The Balaban J connectivity index is 1.47. The third-order valence-electron chi connectivity index (χ3n) is 4.73. The molecule has 23 heavy (non-hydrogen) atoms. The normalized spacial score (nSPS) is 21.3. The van der Waals surface area contributed by atoms with Crippen LogP contribution >= 0.6 is 11.8 Å². The Bertz CT molecular complexity index is 471. The van der Waals surface area contributed by atoms with E-state index in [4.69, 9.17) is 4.74 Å². The Kier molecular flexibility index (Phi) is 6.48. The van der Waals surface area contributed by atoms with E-state index in [1.807, 2.05) is 0 Å². The smallest absolute Gasteiger partial charge is 0.142 e. The summed E-state index contributed by atoms with van der Waals surface area (Å²) >= 11 is 2.06. The lowest BCUT2D eigenvalue weighted by molar-refractivity contribution is 0.134. The maximum Gasteiger partial charge on any atom is 0.142 e. The third-order valence-corrected chi connectivity index (χ3v) is 5.78. The first-order chi connectivity index (χ1) is 11.3. The van der Waals surface area contributed by atoms with E-state index < -0.39 is 0 Å². The largest absolute Gasteiger partial charge is 0.490 e. The van der Waals surface area contributed by atoms with Gasteiger partial charge in [0.25, 0.3) is 0 Å². The topological polar surface area (TPSA) is 27.7 Å². The van der Waals surface area contributed by atoms with Crippen molar-refractivity contribution in [1.29, 1.82) is 0 Å². The Morgan fingerprint density at radius 3 is 2.65 bits per heavy atom. The Morgan fingerprint density at radius 1 is 1.13 bits per heavy atom. The van der Waals surface area contributed by atoms with Crippen LogP contribution in [0.25, 0.3) is 0 Å². The molecule has 0 aliphatic carbocycles. The first-order valence-electron chi connectivity index (χ1n) is 8.78. The maximum absolute atomic E-state index is 6.09. The molecule has 0 amide bonds. The summed E-state index contributed by atoms with van der Waals surface area (Å²) in [5.41, 5.74) is 1.16. The van der Waals surface area contributed by atoms with E-state index in [0.717, 1.165) is 50.8 Å². The van der Waals surface area contributed by atoms with Crippen molar-refractivity contribution in [3.63, 3.8) is 0 Å². The highest BCUT2D eigenvalue weighted by molar-refractivity contribution is 7.99. The van der Waals surface area contributed by atoms with E-state index >= 15 is 0 Å². The molecule has 1 aromatic carbocycles. The molecule has 3 rings (SSSR count). The molecule has 1 N–H and O–H groups in total. The van der Waals surface area contributed by atoms with Crippen LogP contribution < -0.4 is 10.1 Å². The first kappa shape index (κ1) is 16.9. The molecule has 0 radical (unpaired) electrons. The molecular weight excluding hydrogens is 306 g/mol. The van der Waals surface area contributed by atoms with Gasteiger partial charge in [0.2, 0.25) is 0 Å². The number of hydrogen-bond donors (Lipinski definition) is 1. The van der Waals surface area contributed by atoms with Crippen LogP contribution in [0.1, 0.15) is 12.8 Å². The molecule has 4 nitrogen and oxygen atoms in total. The fourth-order valence-electron chi connectivity index (χ4n) is 3.13. The number of thioether (sulfide) groups is 1. The lowest BCUT2D eigenvalue weighted by Gasteiger charge is -2.32. The van der Waals surface area contributed by atoms with Crippen molar-refractivity contribution in [2.45, 2.75) is 18.9 Å². The van der Waals surface area contributed by atoms with E-state index in [0.29, 0.717) is 6.04 Å². The van der Waals surface area contributed by atoms with E-state index in [9.17, 15) is 0 Å². The van der Waals surface area contributed by atoms with Gasteiger partial charge >= 0.3 is 0 Å². The van der Waals surface area contributed by atoms with Gasteiger partial charge < -0.3 is 15.0 Å². The second-order valence-electron chi connectivity index (χ2n) is 6.52. The summed E-state index contributed by atoms with van der Waals surface area (Å²) in [6.45, 7) is 6.42. The summed E-state index contributed by atoms with van der Waals surface area (Å²) in [6, 6.07) is 8.98. The minimum atomic E-state index is 0.596. The summed E-state index contributed by atoms with van der Waals surface area (Å²) in [7, 11) is 2.19. The van der Waals surface area contributed by atoms with Gasteiger partial charge in [-0.2, -0.15) is 11.8 Å². The van der Waals surface area contributed by atoms with Crippen LogP contribution in [-0.4, -0.2) is 73.7 Å². The second-order valence-corrected chi connectivity index (χ2v) is 7.75. The molecule has 0 unspecified atom stereocenters. The van der Waals surface area contributed by atoms with Crippen LogP contribution in [0.3, 0.4) is 0 Å². The van der Waals surface area contributed by atoms with Crippen molar-refractivity contribution >= 4 is 17.4 Å². The molecule has 128 valence electrons. The number of para-hydroxylation sites is 2. The van der Waals surface area contributed by atoms with Crippen LogP contribution in [0, 0.1) is 0 Å². The van der Waals surface area contributed by atoms with Crippen molar-refractivity contribution < 1.29 is 4.74 Å². The summed E-state index contributed by atoms with van der Waals surface area (Å²) in [6.07, 6.45) is 2.50. The van der Waals surface area contributed by atoms with Crippen molar-refractivity contribution in [3.8, 4) is 5.75 Å². The minimum Gasteiger partial charge on any atom is -0.490 e. The molecule has 0 spiro atoms. The molecule has 0 aromatic heterocycles. The number of hydrogen-bond acceptors (Lipinski definition) is 5. The number of nitrogens with one attached hydrogen (secondary N) is 1. The summed E-state index contributed by atoms with van der Waals surface area (Å²) in [5, 5.41) is 3.69. The molecule has 0 atom stereocenters. The molecule has 2 saturated heterocycles. The van der Waals surface area contributed by atoms with Gasteiger partial charge in [0, 0.05) is 38.8 Å². The Morgan fingerprint density at radius 2 is 1.87 bits per heavy atom. The second kappa shape index (κ2) is 8.81. The maximum atomic E-state index is 6.09. The molecular formula is C18H29N3OS. The fourth-order valence-corrected chi connectivity index (χ4v) is 4.24. The van der Waals surface area contributed by atoms with Gasteiger partial charge in [-0.3, -0.25) is 4.90 Å². The monoisotopic (exact) mass is 335 g/mol. The molecule has 0 bridgehead atoms. The van der Waals surface area contributed by atoms with Crippen LogP contribution in [0.4, 0.5) is 5.69 Å². The number of ether oxygens (including phenoxy) is 1. The van der Waals surface area contributed by atoms with E-state index in [1.54, 1.807) is 0 Å². The summed E-state index contributed by atoms with van der Waals surface area (Å²) < 4.78 is 6.09. The average Bonchev–Trinajstić information content (AvgIpc) is 2.59. The SMILES string of the molecule is CN1CCN(CCOc2ccccc2NC2CCSCC2)CC1. The third kappa shape index (κ3) is 5.30. The minimum absolute atomic E-state index is 0.596. The number of rotatable bonds is 6.